The van der Waals surface area contributed by atoms with E-state index in [1.807, 2.05) is 0 Å². The van der Waals surface area contributed by atoms with Gasteiger partial charge in [0, 0.05) is 12.8 Å². The Kier molecular flexibility index (Phi) is 43.7. The zero-order valence-electron chi connectivity index (χ0n) is 38.0. The van der Waals surface area contributed by atoms with Gasteiger partial charge in [-0.3, -0.25) is 9.59 Å². The molecule has 0 aromatic heterocycles. The maximum absolute atomic E-state index is 12.8. The van der Waals surface area contributed by atoms with Gasteiger partial charge in [-0.1, -0.05) is 193 Å². The molecule has 0 rings (SSSR count). The van der Waals surface area contributed by atoms with Gasteiger partial charge in [0.05, 0.1) is 0 Å². The first kappa shape index (κ1) is 55.1. The van der Waals surface area contributed by atoms with Crippen LogP contribution in [0.15, 0.2) is 12.2 Å². The van der Waals surface area contributed by atoms with Crippen molar-refractivity contribution in [3.63, 3.8) is 0 Å². The third-order valence-corrected chi connectivity index (χ3v) is 11.6. The first-order valence-electron chi connectivity index (χ1n) is 25.0. The number of carbonyl (C=O) groups excluding carboxylic acids is 2. The number of nitrogens with two attached hydrogens (primary N) is 1. The second kappa shape index (κ2) is 45.2. The molecule has 0 aromatic rings. The maximum atomic E-state index is 12.8. The van der Waals surface area contributed by atoms with Gasteiger partial charge in [-0.15, -0.1) is 0 Å². The Bertz CT molecular complexity index is 909. The molecule has 0 fully saturated rings. The van der Waals surface area contributed by atoms with Crippen molar-refractivity contribution >= 4 is 17.8 Å². The largest absolute Gasteiger partial charge is 0.480 e. The fourth-order valence-corrected chi connectivity index (χ4v) is 7.80. The third kappa shape index (κ3) is 42.1. The number of nitrogens with one attached hydrogen (secondary N) is 1. The number of esters is 1. The van der Waals surface area contributed by atoms with Crippen LogP contribution in [0.2, 0.25) is 0 Å². The van der Waals surface area contributed by atoms with Gasteiger partial charge in [-0.05, 0) is 83.6 Å². The molecule has 1 amide bonds. The molecule has 0 aromatic carbocycles. The SMILES string of the molecule is CCCCCCCCCC/C=C\CCCCCCCCCCCC(=O)OC(CCCCCCCCCCCC)CCCCCCCC(=O)NC(CCCN)C(=O)O. The molecule has 57 heavy (non-hydrogen) atoms. The molecule has 4 N–H and O–H groups in total. The number of amides is 1. The standard InChI is InChI=1S/C50H96N2O5/c1-3-5-7-9-11-13-15-16-17-18-19-20-21-22-23-24-25-27-29-34-38-44-49(54)57-46(40-35-31-28-26-14-12-10-8-6-4-2)41-36-32-30-33-37-43-48(53)52-47(50(55)56)42-39-45-51/h18-19,46-47H,3-17,20-45,51H2,1-2H3,(H,52,53)(H,55,56)/b19-18-. The second-order valence-corrected chi connectivity index (χ2v) is 17.2. The molecule has 0 bridgehead atoms. The molecule has 336 valence electrons. The smallest absolute Gasteiger partial charge is 0.326 e. The number of carbonyl (C=O) groups is 3. The molecule has 2 unspecified atom stereocenters. The van der Waals surface area contributed by atoms with E-state index in [0.29, 0.717) is 32.2 Å². The van der Waals surface area contributed by atoms with Crippen LogP contribution in [0.25, 0.3) is 0 Å². The van der Waals surface area contributed by atoms with Crippen LogP contribution in [0.5, 0.6) is 0 Å². The predicted molar refractivity (Wildman–Crippen MR) is 244 cm³/mol. The van der Waals surface area contributed by atoms with E-state index in [0.717, 1.165) is 64.2 Å². The van der Waals surface area contributed by atoms with Crippen molar-refractivity contribution in [1.82, 2.24) is 5.32 Å². The normalized spacial score (nSPS) is 12.6. The highest BCUT2D eigenvalue weighted by Gasteiger charge is 2.19. The first-order valence-corrected chi connectivity index (χ1v) is 25.0. The van der Waals surface area contributed by atoms with Crippen LogP contribution in [0.3, 0.4) is 0 Å². The predicted octanol–water partition coefficient (Wildman–Crippen LogP) is 14.6. The molecule has 7 heteroatoms. The van der Waals surface area contributed by atoms with Gasteiger partial charge in [0.1, 0.15) is 12.1 Å². The van der Waals surface area contributed by atoms with Crippen LogP contribution in [-0.2, 0) is 19.1 Å². The van der Waals surface area contributed by atoms with Crippen molar-refractivity contribution in [2.45, 2.75) is 283 Å². The lowest BCUT2D eigenvalue weighted by Crippen LogP contribution is -2.40. The molecule has 0 aliphatic rings. The summed E-state index contributed by atoms with van der Waals surface area (Å²) in [6.45, 7) is 4.97. The highest BCUT2D eigenvalue weighted by molar-refractivity contribution is 5.83. The van der Waals surface area contributed by atoms with Crippen LogP contribution < -0.4 is 11.1 Å². The minimum absolute atomic E-state index is 0.0175. The van der Waals surface area contributed by atoms with Crippen molar-refractivity contribution in [1.29, 1.82) is 0 Å². The Hall–Kier alpha value is -1.89. The van der Waals surface area contributed by atoms with Gasteiger partial charge in [-0.25, -0.2) is 4.79 Å². The number of unbranched alkanes of at least 4 members (excludes halogenated alkanes) is 30. The number of rotatable bonds is 46. The van der Waals surface area contributed by atoms with Crippen LogP contribution in [0.1, 0.15) is 271 Å². The molecule has 0 heterocycles. The van der Waals surface area contributed by atoms with E-state index in [2.05, 4.69) is 31.3 Å². The van der Waals surface area contributed by atoms with Gasteiger partial charge < -0.3 is 20.9 Å². The topological polar surface area (TPSA) is 119 Å². The van der Waals surface area contributed by atoms with Crippen LogP contribution in [0.4, 0.5) is 0 Å². The van der Waals surface area contributed by atoms with E-state index in [1.54, 1.807) is 0 Å². The monoisotopic (exact) mass is 805 g/mol. The summed E-state index contributed by atoms with van der Waals surface area (Å²) in [6, 6.07) is -0.854. The van der Waals surface area contributed by atoms with Gasteiger partial charge in [0.2, 0.25) is 5.91 Å². The van der Waals surface area contributed by atoms with E-state index >= 15 is 0 Å². The fourth-order valence-electron chi connectivity index (χ4n) is 7.80. The Labute approximate surface area is 353 Å². The van der Waals surface area contributed by atoms with Gasteiger partial charge in [0.15, 0.2) is 0 Å². The van der Waals surface area contributed by atoms with Crippen molar-refractivity contribution in [2.24, 2.45) is 5.73 Å². The molecule has 7 nitrogen and oxygen atoms in total. The molecule has 0 saturated heterocycles. The van der Waals surface area contributed by atoms with Crippen LogP contribution in [0, 0.1) is 0 Å². The average molecular weight is 805 g/mol. The van der Waals surface area contributed by atoms with Gasteiger partial charge in [0.25, 0.3) is 0 Å². The number of hydrogen-bond donors (Lipinski definition) is 3. The van der Waals surface area contributed by atoms with E-state index in [1.165, 1.54) is 167 Å². The second-order valence-electron chi connectivity index (χ2n) is 17.2. The maximum Gasteiger partial charge on any atom is 0.326 e. The molecular formula is C50H96N2O5. The molecule has 0 aliphatic heterocycles. The summed E-state index contributed by atoms with van der Waals surface area (Å²) in [7, 11) is 0. The van der Waals surface area contributed by atoms with Gasteiger partial charge >= 0.3 is 11.9 Å². The minimum Gasteiger partial charge on any atom is -0.480 e. The summed E-state index contributed by atoms with van der Waals surface area (Å²) in [6.07, 6.45) is 51.3. The molecular weight excluding hydrogens is 709 g/mol. The number of allylic oxidation sites excluding steroid dienone is 2. The molecule has 2 atom stereocenters. The molecule has 0 aliphatic carbocycles. The summed E-state index contributed by atoms with van der Waals surface area (Å²) in [5, 5.41) is 12.0. The number of ether oxygens (including phenoxy) is 1. The minimum atomic E-state index is -1.00. The van der Waals surface area contributed by atoms with Crippen LogP contribution >= 0.6 is 0 Å². The lowest BCUT2D eigenvalue weighted by atomic mass is 10.0. The number of carboxylic acids is 1. The summed E-state index contributed by atoms with van der Waals surface area (Å²) >= 11 is 0. The van der Waals surface area contributed by atoms with E-state index < -0.39 is 12.0 Å². The Morgan fingerprint density at radius 2 is 0.860 bits per heavy atom. The lowest BCUT2D eigenvalue weighted by Gasteiger charge is -2.18. The van der Waals surface area contributed by atoms with Crippen molar-refractivity contribution < 1.29 is 24.2 Å². The Balaban J connectivity index is 4.14. The van der Waals surface area contributed by atoms with Crippen LogP contribution in [-0.4, -0.2) is 41.6 Å². The van der Waals surface area contributed by atoms with E-state index in [9.17, 15) is 19.5 Å². The highest BCUT2D eigenvalue weighted by atomic mass is 16.5. The Morgan fingerprint density at radius 1 is 0.491 bits per heavy atom. The summed E-state index contributed by atoms with van der Waals surface area (Å²) < 4.78 is 6.07. The molecule has 0 saturated carbocycles. The summed E-state index contributed by atoms with van der Waals surface area (Å²) in [5.41, 5.74) is 5.49. The number of aliphatic carboxylic acids is 1. The lowest BCUT2D eigenvalue weighted by molar-refractivity contribution is -0.150. The average Bonchev–Trinajstić information content (AvgIpc) is 3.20. The van der Waals surface area contributed by atoms with E-state index in [-0.39, 0.29) is 18.0 Å². The molecule has 0 spiro atoms. The summed E-state index contributed by atoms with van der Waals surface area (Å²) in [4.78, 5) is 36.5. The third-order valence-electron chi connectivity index (χ3n) is 11.6. The quantitative estimate of drug-likeness (QED) is 0.0320. The van der Waals surface area contributed by atoms with Crippen molar-refractivity contribution in [2.75, 3.05) is 6.54 Å². The van der Waals surface area contributed by atoms with Crippen molar-refractivity contribution in [3.05, 3.63) is 12.2 Å². The van der Waals surface area contributed by atoms with E-state index in [4.69, 9.17) is 10.5 Å². The van der Waals surface area contributed by atoms with Gasteiger partial charge in [-0.2, -0.15) is 0 Å². The zero-order chi connectivity index (χ0) is 41.7. The highest BCUT2D eigenvalue weighted by Crippen LogP contribution is 2.19. The van der Waals surface area contributed by atoms with Crippen molar-refractivity contribution in [3.8, 4) is 0 Å². The number of hydrogen-bond acceptors (Lipinski definition) is 5. The Morgan fingerprint density at radius 3 is 1.26 bits per heavy atom. The zero-order valence-corrected chi connectivity index (χ0v) is 38.0. The first-order chi connectivity index (χ1) is 27.9. The summed E-state index contributed by atoms with van der Waals surface area (Å²) in [5.74, 6) is -1.22. The fraction of sp³-hybridized carbons (Fsp3) is 0.900. The molecule has 0 radical (unpaired) electrons. The number of carboxylic acid groups (broad SMARTS) is 1.